The third kappa shape index (κ3) is 5.55. The zero-order valence-electron chi connectivity index (χ0n) is 16.9. The van der Waals surface area contributed by atoms with Crippen molar-refractivity contribution in [1.82, 2.24) is 20.4 Å². The Balaban J connectivity index is 1.40. The molecule has 1 aromatic carbocycles. The molecule has 7 nitrogen and oxygen atoms in total. The summed E-state index contributed by atoms with van der Waals surface area (Å²) >= 11 is 0. The van der Waals surface area contributed by atoms with Crippen molar-refractivity contribution in [1.29, 1.82) is 0 Å². The summed E-state index contributed by atoms with van der Waals surface area (Å²) in [6, 6.07) is 11.3. The van der Waals surface area contributed by atoms with Crippen molar-refractivity contribution in [3.8, 4) is 6.08 Å². The zero-order chi connectivity index (χ0) is 19.9. The quantitative estimate of drug-likeness (QED) is 0.776. The second kappa shape index (κ2) is 9.68. The Kier molecular flexibility index (Phi) is 7.03. The van der Waals surface area contributed by atoms with Gasteiger partial charge in [0.2, 0.25) is 0 Å². The van der Waals surface area contributed by atoms with Gasteiger partial charge in [0, 0.05) is 12.6 Å². The van der Waals surface area contributed by atoms with Crippen LogP contribution in [0.5, 0.6) is 6.08 Å². The van der Waals surface area contributed by atoms with Crippen molar-refractivity contribution < 1.29 is 14.1 Å². The number of carbonyl (C=O) groups excluding carboxylic acids is 1. The van der Waals surface area contributed by atoms with Crippen molar-refractivity contribution in [2.24, 2.45) is 11.8 Å². The fourth-order valence-electron chi connectivity index (χ4n) is 4.25. The molecule has 0 aliphatic heterocycles. The third-order valence-electron chi connectivity index (χ3n) is 5.55. The number of nitrogens with one attached hydrogen (secondary N) is 1. The van der Waals surface area contributed by atoms with E-state index in [1.54, 1.807) is 6.92 Å². The summed E-state index contributed by atoms with van der Waals surface area (Å²) in [6.45, 7) is 2.26. The van der Waals surface area contributed by atoms with Gasteiger partial charge in [0.1, 0.15) is 0 Å². The molecule has 0 bridgehead atoms. The van der Waals surface area contributed by atoms with E-state index >= 15 is 0 Å². The Morgan fingerprint density at radius 1 is 1.25 bits per heavy atom. The number of hydrogen-bond acceptors (Lipinski definition) is 6. The van der Waals surface area contributed by atoms with E-state index in [1.807, 2.05) is 0 Å². The molecule has 7 heteroatoms. The molecule has 1 saturated carbocycles. The number of rotatable bonds is 7. The van der Waals surface area contributed by atoms with Crippen molar-refractivity contribution >= 4 is 6.09 Å². The molecule has 1 amide bonds. The minimum absolute atomic E-state index is 0.119. The van der Waals surface area contributed by atoms with Gasteiger partial charge >= 0.3 is 12.2 Å². The maximum absolute atomic E-state index is 11.8. The fourth-order valence-corrected chi connectivity index (χ4v) is 4.25. The summed E-state index contributed by atoms with van der Waals surface area (Å²) in [6.07, 6.45) is 5.12. The summed E-state index contributed by atoms with van der Waals surface area (Å²) in [7, 11) is 4.34. The third-order valence-corrected chi connectivity index (χ3v) is 5.55. The molecule has 0 spiro atoms. The maximum Gasteiger partial charge on any atom is 0.426 e. The van der Waals surface area contributed by atoms with Crippen LogP contribution in [0.2, 0.25) is 0 Å². The number of aryl methyl sites for hydroxylation is 1. The second-order valence-electron chi connectivity index (χ2n) is 7.81. The maximum atomic E-state index is 11.8. The molecule has 152 valence electrons. The number of carbonyl (C=O) groups is 1. The SMILES string of the molecule is Cc1noc(OC(=O)NCCC2CCC(C(c3ccccc3)N(C)C)CC2)n1. The van der Waals surface area contributed by atoms with Gasteiger partial charge in [-0.1, -0.05) is 48.3 Å². The van der Waals surface area contributed by atoms with Gasteiger partial charge in [0.25, 0.3) is 0 Å². The van der Waals surface area contributed by atoms with Gasteiger partial charge in [-0.25, -0.2) is 4.79 Å². The molecule has 1 heterocycles. The Bertz CT molecular complexity index is 739. The zero-order valence-corrected chi connectivity index (χ0v) is 16.9. The molecular formula is C21H30N4O3. The summed E-state index contributed by atoms with van der Waals surface area (Å²) < 4.78 is 9.73. The monoisotopic (exact) mass is 386 g/mol. The van der Waals surface area contributed by atoms with E-state index in [4.69, 9.17) is 9.26 Å². The van der Waals surface area contributed by atoms with Crippen molar-refractivity contribution in [3.63, 3.8) is 0 Å². The van der Waals surface area contributed by atoms with E-state index in [0.29, 0.717) is 30.2 Å². The van der Waals surface area contributed by atoms with Crippen LogP contribution in [0.4, 0.5) is 4.79 Å². The summed E-state index contributed by atoms with van der Waals surface area (Å²) in [5, 5.41) is 6.35. The first-order valence-corrected chi connectivity index (χ1v) is 10.0. The van der Waals surface area contributed by atoms with Crippen LogP contribution in [0.25, 0.3) is 0 Å². The number of nitrogens with zero attached hydrogens (tertiary/aromatic N) is 3. The normalized spacial score (nSPS) is 20.7. The van der Waals surface area contributed by atoms with Crippen molar-refractivity contribution in [3.05, 3.63) is 41.7 Å². The van der Waals surface area contributed by atoms with Gasteiger partial charge in [-0.2, -0.15) is 4.98 Å². The van der Waals surface area contributed by atoms with Crippen LogP contribution in [0.15, 0.2) is 34.9 Å². The summed E-state index contributed by atoms with van der Waals surface area (Å²) in [5.41, 5.74) is 1.40. The van der Waals surface area contributed by atoms with E-state index in [1.165, 1.54) is 31.2 Å². The fraction of sp³-hybridized carbons (Fsp3) is 0.571. The molecule has 1 aromatic heterocycles. The molecule has 1 fully saturated rings. The number of hydrogen-bond donors (Lipinski definition) is 1. The van der Waals surface area contributed by atoms with Crippen LogP contribution >= 0.6 is 0 Å². The molecule has 1 atom stereocenters. The predicted octanol–water partition coefficient (Wildman–Crippen LogP) is 3.97. The van der Waals surface area contributed by atoms with E-state index in [9.17, 15) is 4.79 Å². The highest BCUT2D eigenvalue weighted by Crippen LogP contribution is 2.40. The smallest absolute Gasteiger partial charge is 0.359 e. The van der Waals surface area contributed by atoms with Crippen molar-refractivity contribution in [2.45, 2.75) is 45.1 Å². The second-order valence-corrected chi connectivity index (χ2v) is 7.81. The first-order chi connectivity index (χ1) is 13.5. The number of aromatic nitrogens is 2. The van der Waals surface area contributed by atoms with E-state index in [2.05, 4.69) is 64.8 Å². The lowest BCUT2D eigenvalue weighted by Gasteiger charge is -2.37. The Morgan fingerprint density at radius 3 is 2.57 bits per heavy atom. The van der Waals surface area contributed by atoms with Gasteiger partial charge in [-0.15, -0.1) is 0 Å². The number of benzene rings is 1. The minimum Gasteiger partial charge on any atom is -0.359 e. The molecule has 1 aliphatic rings. The lowest BCUT2D eigenvalue weighted by molar-refractivity contribution is 0.145. The first-order valence-electron chi connectivity index (χ1n) is 10.0. The Morgan fingerprint density at radius 2 is 1.96 bits per heavy atom. The molecular weight excluding hydrogens is 356 g/mol. The van der Waals surface area contributed by atoms with Crippen molar-refractivity contribution in [2.75, 3.05) is 20.6 Å². The largest absolute Gasteiger partial charge is 0.426 e. The van der Waals surface area contributed by atoms with E-state index in [-0.39, 0.29) is 6.08 Å². The van der Waals surface area contributed by atoms with Crippen LogP contribution in [0, 0.1) is 18.8 Å². The lowest BCUT2D eigenvalue weighted by atomic mass is 9.75. The molecule has 28 heavy (non-hydrogen) atoms. The molecule has 0 radical (unpaired) electrons. The van der Waals surface area contributed by atoms with Crippen LogP contribution in [0.3, 0.4) is 0 Å². The van der Waals surface area contributed by atoms with Gasteiger partial charge in [0.05, 0.1) is 0 Å². The molecule has 0 saturated heterocycles. The Hall–Kier alpha value is -2.41. The lowest BCUT2D eigenvalue weighted by Crippen LogP contribution is -2.32. The average Bonchev–Trinajstić information content (AvgIpc) is 3.08. The first kappa shape index (κ1) is 20.3. The molecule has 1 unspecified atom stereocenters. The van der Waals surface area contributed by atoms with Gasteiger partial charge in [-0.05, 0) is 57.7 Å². The molecule has 2 aromatic rings. The highest BCUT2D eigenvalue weighted by atomic mass is 16.7. The Labute approximate surface area is 166 Å². The summed E-state index contributed by atoms with van der Waals surface area (Å²) in [4.78, 5) is 18.0. The molecule has 1 N–H and O–H groups in total. The standard InChI is InChI=1S/C21H30N4O3/c1-15-23-21(28-24-15)27-20(26)22-14-13-16-9-11-18(12-10-16)19(25(2)3)17-7-5-4-6-8-17/h4-8,16,18-19H,9-14H2,1-3H3,(H,22,26). The minimum atomic E-state index is -0.547. The summed E-state index contributed by atoms with van der Waals surface area (Å²) in [5.74, 6) is 1.75. The predicted molar refractivity (Wildman–Crippen MR) is 106 cm³/mol. The van der Waals surface area contributed by atoms with Crippen LogP contribution in [-0.2, 0) is 0 Å². The van der Waals surface area contributed by atoms with E-state index < -0.39 is 6.09 Å². The number of amides is 1. The number of ether oxygens (including phenoxy) is 1. The van der Waals surface area contributed by atoms with Gasteiger partial charge < -0.3 is 15.0 Å². The molecule has 3 rings (SSSR count). The van der Waals surface area contributed by atoms with Gasteiger partial charge in [0.15, 0.2) is 5.82 Å². The molecule has 1 aliphatic carbocycles. The highest BCUT2D eigenvalue weighted by Gasteiger charge is 2.29. The van der Waals surface area contributed by atoms with Crippen LogP contribution in [0.1, 0.15) is 49.5 Å². The van der Waals surface area contributed by atoms with Crippen LogP contribution in [-0.4, -0.2) is 41.8 Å². The topological polar surface area (TPSA) is 80.5 Å². The average molecular weight is 386 g/mol. The van der Waals surface area contributed by atoms with Gasteiger partial charge in [-0.3, -0.25) is 4.52 Å². The van der Waals surface area contributed by atoms with E-state index in [0.717, 1.165) is 6.42 Å². The van der Waals surface area contributed by atoms with Crippen LogP contribution < -0.4 is 10.1 Å². The highest BCUT2D eigenvalue weighted by molar-refractivity contribution is 5.69.